The number of amides is 1. The average molecular weight is 254 g/mol. The first-order valence-corrected chi connectivity index (χ1v) is 7.72. The number of hydrogen-bond acceptors (Lipinski definition) is 2. The second kappa shape index (κ2) is 8.52. The summed E-state index contributed by atoms with van der Waals surface area (Å²) in [5.41, 5.74) is -0.319. The van der Waals surface area contributed by atoms with Crippen LogP contribution in [0.2, 0.25) is 0 Å². The number of nitrogens with one attached hydrogen (secondary N) is 2. The lowest BCUT2D eigenvalue weighted by atomic mass is 9.90. The van der Waals surface area contributed by atoms with Crippen LogP contribution in [0.25, 0.3) is 0 Å². The molecule has 0 aromatic carbocycles. The van der Waals surface area contributed by atoms with E-state index in [9.17, 15) is 4.79 Å². The SMILES string of the molecule is CCCCCCCCNC(=O)C1(C)CCCCN1. The van der Waals surface area contributed by atoms with Crippen LogP contribution in [0.5, 0.6) is 0 Å². The van der Waals surface area contributed by atoms with Crippen molar-refractivity contribution in [3.8, 4) is 0 Å². The standard InChI is InChI=1S/C15H30N2O/c1-3-4-5-6-7-9-12-16-14(18)15(2)11-8-10-13-17-15/h17H,3-13H2,1-2H3,(H,16,18). The summed E-state index contributed by atoms with van der Waals surface area (Å²) in [5, 5.41) is 6.43. The Labute approximate surface area is 112 Å². The van der Waals surface area contributed by atoms with Crippen LogP contribution >= 0.6 is 0 Å². The predicted octanol–water partition coefficient (Wildman–Crippen LogP) is 3.00. The van der Waals surface area contributed by atoms with Crippen molar-refractivity contribution >= 4 is 5.91 Å². The summed E-state index contributed by atoms with van der Waals surface area (Å²) >= 11 is 0. The molecule has 18 heavy (non-hydrogen) atoms. The van der Waals surface area contributed by atoms with Gasteiger partial charge in [0.05, 0.1) is 5.54 Å². The number of unbranched alkanes of at least 4 members (excludes halogenated alkanes) is 5. The Morgan fingerprint density at radius 1 is 1.17 bits per heavy atom. The zero-order valence-corrected chi connectivity index (χ0v) is 12.2. The number of carbonyl (C=O) groups excluding carboxylic acids is 1. The van der Waals surface area contributed by atoms with Gasteiger partial charge < -0.3 is 10.6 Å². The van der Waals surface area contributed by atoms with E-state index in [1.165, 1.54) is 38.5 Å². The molecule has 1 unspecified atom stereocenters. The quantitative estimate of drug-likeness (QED) is 0.654. The fourth-order valence-electron chi connectivity index (χ4n) is 2.55. The maximum Gasteiger partial charge on any atom is 0.240 e. The van der Waals surface area contributed by atoms with E-state index >= 15 is 0 Å². The summed E-state index contributed by atoms with van der Waals surface area (Å²) < 4.78 is 0. The predicted molar refractivity (Wildman–Crippen MR) is 76.6 cm³/mol. The molecule has 0 saturated carbocycles. The van der Waals surface area contributed by atoms with E-state index in [2.05, 4.69) is 17.6 Å². The minimum atomic E-state index is -0.319. The molecule has 1 aliphatic rings. The van der Waals surface area contributed by atoms with Crippen LogP contribution in [0, 0.1) is 0 Å². The lowest BCUT2D eigenvalue weighted by Crippen LogP contribution is -2.57. The maximum atomic E-state index is 12.1. The highest BCUT2D eigenvalue weighted by Crippen LogP contribution is 2.18. The molecule has 1 aliphatic heterocycles. The summed E-state index contributed by atoms with van der Waals surface area (Å²) in [7, 11) is 0. The Bertz CT molecular complexity index is 235. The Morgan fingerprint density at radius 2 is 1.89 bits per heavy atom. The van der Waals surface area contributed by atoms with Crippen LogP contribution < -0.4 is 10.6 Å². The van der Waals surface area contributed by atoms with Gasteiger partial charge in [0.2, 0.25) is 5.91 Å². The Morgan fingerprint density at radius 3 is 2.56 bits per heavy atom. The highest BCUT2D eigenvalue weighted by atomic mass is 16.2. The average Bonchev–Trinajstić information content (AvgIpc) is 2.38. The Hall–Kier alpha value is -0.570. The van der Waals surface area contributed by atoms with Gasteiger partial charge in [-0.15, -0.1) is 0 Å². The Balaban J connectivity index is 2.05. The largest absolute Gasteiger partial charge is 0.355 e. The minimum absolute atomic E-state index is 0.191. The zero-order valence-electron chi connectivity index (χ0n) is 12.2. The molecule has 1 fully saturated rings. The zero-order chi connectivity index (χ0) is 13.3. The van der Waals surface area contributed by atoms with Crippen LogP contribution in [0.4, 0.5) is 0 Å². The third-order valence-corrected chi connectivity index (χ3v) is 3.94. The van der Waals surface area contributed by atoms with E-state index in [-0.39, 0.29) is 11.4 Å². The molecule has 0 aliphatic carbocycles. The van der Waals surface area contributed by atoms with E-state index in [1.54, 1.807) is 0 Å². The van der Waals surface area contributed by atoms with Gasteiger partial charge in [-0.05, 0) is 39.2 Å². The van der Waals surface area contributed by atoms with Crippen molar-refractivity contribution < 1.29 is 4.79 Å². The molecule has 2 N–H and O–H groups in total. The molecule has 3 nitrogen and oxygen atoms in total. The molecule has 0 aromatic heterocycles. The van der Waals surface area contributed by atoms with Crippen molar-refractivity contribution in [2.75, 3.05) is 13.1 Å². The summed E-state index contributed by atoms with van der Waals surface area (Å²) in [6.45, 7) is 6.07. The molecule has 1 amide bonds. The number of piperidine rings is 1. The third-order valence-electron chi connectivity index (χ3n) is 3.94. The van der Waals surface area contributed by atoms with E-state index in [1.807, 2.05) is 6.92 Å². The molecule has 1 heterocycles. The lowest BCUT2D eigenvalue weighted by Gasteiger charge is -2.33. The monoisotopic (exact) mass is 254 g/mol. The highest BCUT2D eigenvalue weighted by molar-refractivity contribution is 5.85. The van der Waals surface area contributed by atoms with Gasteiger partial charge in [0.15, 0.2) is 0 Å². The van der Waals surface area contributed by atoms with Crippen LogP contribution in [-0.4, -0.2) is 24.5 Å². The molecule has 1 saturated heterocycles. The minimum Gasteiger partial charge on any atom is -0.355 e. The smallest absolute Gasteiger partial charge is 0.240 e. The second-order valence-electron chi connectivity index (χ2n) is 5.74. The van der Waals surface area contributed by atoms with Gasteiger partial charge in [-0.3, -0.25) is 4.79 Å². The maximum absolute atomic E-state index is 12.1. The summed E-state index contributed by atoms with van der Waals surface area (Å²) in [6, 6.07) is 0. The number of rotatable bonds is 8. The summed E-state index contributed by atoms with van der Waals surface area (Å²) in [4.78, 5) is 12.1. The summed E-state index contributed by atoms with van der Waals surface area (Å²) in [6.07, 6.45) is 11.0. The first kappa shape index (κ1) is 15.5. The van der Waals surface area contributed by atoms with Crippen LogP contribution in [0.3, 0.4) is 0 Å². The lowest BCUT2D eigenvalue weighted by molar-refractivity contribution is -0.127. The first-order chi connectivity index (χ1) is 8.69. The molecule has 0 radical (unpaired) electrons. The number of hydrogen-bond donors (Lipinski definition) is 2. The Kier molecular flexibility index (Phi) is 7.33. The molecule has 1 rings (SSSR count). The van der Waals surface area contributed by atoms with Gasteiger partial charge in [-0.1, -0.05) is 39.0 Å². The molecule has 3 heteroatoms. The molecule has 1 atom stereocenters. The number of carbonyl (C=O) groups is 1. The van der Waals surface area contributed by atoms with Gasteiger partial charge in [0.1, 0.15) is 0 Å². The van der Waals surface area contributed by atoms with E-state index in [4.69, 9.17) is 0 Å². The van der Waals surface area contributed by atoms with Crippen molar-refractivity contribution in [3.63, 3.8) is 0 Å². The molecule has 0 spiro atoms. The topological polar surface area (TPSA) is 41.1 Å². The van der Waals surface area contributed by atoms with E-state index in [0.29, 0.717) is 0 Å². The van der Waals surface area contributed by atoms with Crippen LogP contribution in [0.1, 0.15) is 71.6 Å². The molecule has 0 bridgehead atoms. The second-order valence-corrected chi connectivity index (χ2v) is 5.74. The van der Waals surface area contributed by atoms with Crippen molar-refractivity contribution in [1.29, 1.82) is 0 Å². The fourth-order valence-corrected chi connectivity index (χ4v) is 2.55. The molecule has 106 valence electrons. The van der Waals surface area contributed by atoms with Gasteiger partial charge in [0.25, 0.3) is 0 Å². The van der Waals surface area contributed by atoms with Crippen LogP contribution in [0.15, 0.2) is 0 Å². The summed E-state index contributed by atoms with van der Waals surface area (Å²) in [5.74, 6) is 0.191. The van der Waals surface area contributed by atoms with E-state index in [0.717, 1.165) is 32.4 Å². The fraction of sp³-hybridized carbons (Fsp3) is 0.933. The normalized spacial score (nSPS) is 23.9. The molecular formula is C15H30N2O. The van der Waals surface area contributed by atoms with Crippen molar-refractivity contribution in [3.05, 3.63) is 0 Å². The molecular weight excluding hydrogens is 224 g/mol. The third kappa shape index (κ3) is 5.38. The van der Waals surface area contributed by atoms with Crippen LogP contribution in [-0.2, 0) is 4.79 Å². The highest BCUT2D eigenvalue weighted by Gasteiger charge is 2.33. The van der Waals surface area contributed by atoms with Crippen molar-refractivity contribution in [2.45, 2.75) is 77.2 Å². The first-order valence-electron chi connectivity index (χ1n) is 7.72. The van der Waals surface area contributed by atoms with Gasteiger partial charge >= 0.3 is 0 Å². The molecule has 0 aromatic rings. The van der Waals surface area contributed by atoms with Crippen molar-refractivity contribution in [1.82, 2.24) is 10.6 Å². The van der Waals surface area contributed by atoms with Gasteiger partial charge in [0, 0.05) is 6.54 Å². The van der Waals surface area contributed by atoms with Gasteiger partial charge in [-0.25, -0.2) is 0 Å². The van der Waals surface area contributed by atoms with E-state index < -0.39 is 0 Å². The van der Waals surface area contributed by atoms with Gasteiger partial charge in [-0.2, -0.15) is 0 Å². The van der Waals surface area contributed by atoms with Crippen molar-refractivity contribution in [2.24, 2.45) is 0 Å².